The fraction of sp³-hybridized carbons (Fsp3) is 0.357. The summed E-state index contributed by atoms with van der Waals surface area (Å²) in [5.41, 5.74) is 12.9. The second kappa shape index (κ2) is 4.46. The van der Waals surface area contributed by atoms with Gasteiger partial charge in [0.05, 0.1) is 11.3 Å². The molecular weight excluding hydrogens is 226 g/mol. The molecule has 0 atom stereocenters. The molecule has 2 aromatic rings. The number of rotatable bonds is 2. The molecule has 4 heteroatoms. The molecule has 2 rings (SSSR count). The summed E-state index contributed by atoms with van der Waals surface area (Å²) in [4.78, 5) is 11.7. The summed E-state index contributed by atoms with van der Waals surface area (Å²) < 4.78 is 0. The Morgan fingerprint density at radius 1 is 1.06 bits per heavy atom. The molecule has 18 heavy (non-hydrogen) atoms. The molecule has 0 aliphatic rings. The van der Waals surface area contributed by atoms with Crippen LogP contribution in [-0.2, 0) is 6.54 Å². The van der Waals surface area contributed by atoms with Gasteiger partial charge in [-0.3, -0.25) is 15.0 Å². The predicted octanol–water partition coefficient (Wildman–Crippen LogP) is 2.06. The van der Waals surface area contributed by atoms with Crippen molar-refractivity contribution in [3.8, 4) is 11.3 Å². The summed E-state index contributed by atoms with van der Waals surface area (Å²) in [5, 5.41) is 5.58. The van der Waals surface area contributed by atoms with E-state index in [4.69, 9.17) is 5.73 Å². The highest BCUT2D eigenvalue weighted by molar-refractivity contribution is 5.72. The van der Waals surface area contributed by atoms with Gasteiger partial charge in [-0.1, -0.05) is 6.07 Å². The Hall–Kier alpha value is -1.81. The monoisotopic (exact) mass is 245 g/mol. The van der Waals surface area contributed by atoms with Gasteiger partial charge in [0.25, 0.3) is 5.56 Å². The average molecular weight is 245 g/mol. The van der Waals surface area contributed by atoms with Gasteiger partial charge in [-0.05, 0) is 49.9 Å². The lowest BCUT2D eigenvalue weighted by atomic mass is 9.91. The van der Waals surface area contributed by atoms with Gasteiger partial charge in [0.1, 0.15) is 0 Å². The smallest absolute Gasteiger partial charge is 0.269 e. The zero-order valence-electron chi connectivity index (χ0n) is 11.3. The highest BCUT2D eigenvalue weighted by Gasteiger charge is 2.16. The minimum atomic E-state index is -0.134. The minimum Gasteiger partial charge on any atom is -0.326 e. The third-order valence-electron chi connectivity index (χ3n) is 3.70. The molecule has 0 unspecified atom stereocenters. The number of H-pyrrole nitrogens is 2. The van der Waals surface area contributed by atoms with E-state index in [2.05, 4.69) is 44.0 Å². The quantitative estimate of drug-likeness (QED) is 0.757. The van der Waals surface area contributed by atoms with E-state index in [0.29, 0.717) is 5.56 Å². The largest absolute Gasteiger partial charge is 0.326 e. The second-order valence-electron chi connectivity index (χ2n) is 4.77. The number of aromatic nitrogens is 2. The average Bonchev–Trinajstić information content (AvgIpc) is 2.68. The molecule has 0 radical (unpaired) electrons. The van der Waals surface area contributed by atoms with Crippen LogP contribution >= 0.6 is 0 Å². The van der Waals surface area contributed by atoms with Crippen LogP contribution in [0.4, 0.5) is 0 Å². The maximum atomic E-state index is 11.7. The van der Waals surface area contributed by atoms with Gasteiger partial charge in [-0.2, -0.15) is 0 Å². The van der Waals surface area contributed by atoms with Crippen molar-refractivity contribution < 1.29 is 0 Å². The van der Waals surface area contributed by atoms with Crippen molar-refractivity contribution in [3.63, 3.8) is 0 Å². The van der Waals surface area contributed by atoms with Crippen molar-refractivity contribution in [2.24, 2.45) is 5.73 Å². The third-order valence-corrected chi connectivity index (χ3v) is 3.70. The van der Waals surface area contributed by atoms with E-state index >= 15 is 0 Å². The number of aryl methyl sites for hydroxylation is 2. The number of hydrogen-bond acceptors (Lipinski definition) is 2. The molecule has 0 aliphatic heterocycles. The van der Waals surface area contributed by atoms with Gasteiger partial charge in [-0.15, -0.1) is 0 Å². The molecule has 0 saturated carbocycles. The van der Waals surface area contributed by atoms with Gasteiger partial charge < -0.3 is 5.73 Å². The van der Waals surface area contributed by atoms with Crippen molar-refractivity contribution in [1.29, 1.82) is 0 Å². The Kier molecular flexibility index (Phi) is 3.13. The number of nitrogens with two attached hydrogens (primary N) is 1. The standard InChI is InChI=1S/C14H19N3O/c1-7-5-8(2)10(4)12(9(7)3)13-11(6-15)14(18)17-16-13/h5H,6,15H2,1-4H3,(H2,16,17,18). The SMILES string of the molecule is Cc1cc(C)c(C)c(-c2[nH][nH]c(=O)c2CN)c1C. The molecule has 0 fully saturated rings. The molecule has 4 nitrogen and oxygen atoms in total. The van der Waals surface area contributed by atoms with Crippen LogP contribution in [0.1, 0.15) is 27.8 Å². The lowest BCUT2D eigenvalue weighted by Crippen LogP contribution is -2.11. The van der Waals surface area contributed by atoms with E-state index in [1.165, 1.54) is 22.3 Å². The lowest BCUT2D eigenvalue weighted by Gasteiger charge is -2.15. The fourth-order valence-electron chi connectivity index (χ4n) is 2.38. The van der Waals surface area contributed by atoms with Gasteiger partial charge in [0.15, 0.2) is 0 Å². The molecule has 0 aliphatic carbocycles. The second-order valence-corrected chi connectivity index (χ2v) is 4.77. The van der Waals surface area contributed by atoms with Crippen molar-refractivity contribution in [2.45, 2.75) is 34.2 Å². The number of hydrogen-bond donors (Lipinski definition) is 3. The third kappa shape index (κ3) is 1.78. The van der Waals surface area contributed by atoms with Crippen LogP contribution < -0.4 is 11.3 Å². The maximum absolute atomic E-state index is 11.7. The fourth-order valence-corrected chi connectivity index (χ4v) is 2.38. The summed E-state index contributed by atoms with van der Waals surface area (Å²) in [6.45, 7) is 8.54. The Morgan fingerprint density at radius 2 is 1.61 bits per heavy atom. The Labute approximate surface area is 106 Å². The van der Waals surface area contributed by atoms with Crippen molar-refractivity contribution >= 4 is 0 Å². The highest BCUT2D eigenvalue weighted by atomic mass is 16.1. The van der Waals surface area contributed by atoms with Gasteiger partial charge in [-0.25, -0.2) is 0 Å². The number of nitrogens with one attached hydrogen (secondary N) is 2. The number of benzene rings is 1. The van der Waals surface area contributed by atoms with Gasteiger partial charge in [0, 0.05) is 12.1 Å². The highest BCUT2D eigenvalue weighted by Crippen LogP contribution is 2.31. The summed E-state index contributed by atoms with van der Waals surface area (Å²) >= 11 is 0. The molecule has 0 spiro atoms. The Morgan fingerprint density at radius 3 is 2.11 bits per heavy atom. The normalized spacial score (nSPS) is 10.9. The molecule has 1 aromatic heterocycles. The van der Waals surface area contributed by atoms with Crippen LogP contribution in [0.5, 0.6) is 0 Å². The molecule has 0 saturated heterocycles. The van der Waals surface area contributed by atoms with E-state index in [9.17, 15) is 4.79 Å². The van der Waals surface area contributed by atoms with Crippen molar-refractivity contribution in [3.05, 3.63) is 44.2 Å². The summed E-state index contributed by atoms with van der Waals surface area (Å²) in [7, 11) is 0. The van der Waals surface area contributed by atoms with Crippen LogP contribution in [0.15, 0.2) is 10.9 Å². The molecule has 96 valence electrons. The van der Waals surface area contributed by atoms with E-state index < -0.39 is 0 Å². The summed E-state index contributed by atoms with van der Waals surface area (Å²) in [5.74, 6) is 0. The van der Waals surface area contributed by atoms with E-state index in [1.807, 2.05) is 0 Å². The van der Waals surface area contributed by atoms with E-state index in [0.717, 1.165) is 11.3 Å². The zero-order chi connectivity index (χ0) is 13.4. The van der Waals surface area contributed by atoms with E-state index in [-0.39, 0.29) is 12.1 Å². The summed E-state index contributed by atoms with van der Waals surface area (Å²) in [6, 6.07) is 2.17. The first-order valence-corrected chi connectivity index (χ1v) is 6.04. The topological polar surface area (TPSA) is 74.7 Å². The molecule has 0 bridgehead atoms. The number of aromatic amines is 2. The minimum absolute atomic E-state index is 0.134. The van der Waals surface area contributed by atoms with Crippen LogP contribution in [-0.4, -0.2) is 10.2 Å². The molecular formula is C14H19N3O. The predicted molar refractivity (Wildman–Crippen MR) is 73.7 cm³/mol. The van der Waals surface area contributed by atoms with Crippen LogP contribution in [0.25, 0.3) is 11.3 Å². The first-order chi connectivity index (χ1) is 8.47. The molecule has 1 aromatic carbocycles. The zero-order valence-corrected chi connectivity index (χ0v) is 11.3. The maximum Gasteiger partial charge on any atom is 0.269 e. The van der Waals surface area contributed by atoms with Crippen molar-refractivity contribution in [1.82, 2.24) is 10.2 Å². The first-order valence-electron chi connectivity index (χ1n) is 6.04. The summed E-state index contributed by atoms with van der Waals surface area (Å²) in [6.07, 6.45) is 0. The van der Waals surface area contributed by atoms with Crippen LogP contribution in [0, 0.1) is 27.7 Å². The Balaban J connectivity index is 2.82. The van der Waals surface area contributed by atoms with Crippen LogP contribution in [0.3, 0.4) is 0 Å². The van der Waals surface area contributed by atoms with Crippen molar-refractivity contribution in [2.75, 3.05) is 0 Å². The Bertz CT molecular complexity index is 624. The van der Waals surface area contributed by atoms with Gasteiger partial charge >= 0.3 is 0 Å². The lowest BCUT2D eigenvalue weighted by molar-refractivity contribution is 1.04. The van der Waals surface area contributed by atoms with Crippen LogP contribution in [0.2, 0.25) is 0 Å². The molecule has 1 heterocycles. The van der Waals surface area contributed by atoms with E-state index in [1.54, 1.807) is 0 Å². The molecule has 4 N–H and O–H groups in total. The molecule has 0 amide bonds. The van der Waals surface area contributed by atoms with Gasteiger partial charge in [0.2, 0.25) is 0 Å². The first kappa shape index (κ1) is 12.6.